The maximum absolute atomic E-state index is 2.25. The van der Waals surface area contributed by atoms with Crippen LogP contribution in [0, 0.1) is 6.92 Å². The van der Waals surface area contributed by atoms with Crippen molar-refractivity contribution in [2.75, 3.05) is 0 Å². The van der Waals surface area contributed by atoms with E-state index in [1.807, 2.05) is 19.9 Å². The summed E-state index contributed by atoms with van der Waals surface area (Å²) < 4.78 is 0. The Morgan fingerprint density at radius 2 is 0.952 bits per heavy atom. The normalized spacial score (nSPS) is 9.67. The first-order valence-corrected chi connectivity index (χ1v) is 7.55. The number of rotatable bonds is 2. The van der Waals surface area contributed by atoms with E-state index < -0.39 is 0 Å². The third kappa shape index (κ3) is 3.82. The van der Waals surface area contributed by atoms with Gasteiger partial charge >= 0.3 is 0 Å². The van der Waals surface area contributed by atoms with Crippen LogP contribution >= 0.6 is 0 Å². The topological polar surface area (TPSA) is 0 Å². The molecule has 0 unspecified atom stereocenters. The fraction of sp³-hybridized carbons (Fsp3) is 0.143. The van der Waals surface area contributed by atoms with Crippen molar-refractivity contribution in [1.82, 2.24) is 0 Å². The van der Waals surface area contributed by atoms with Gasteiger partial charge in [0.05, 0.1) is 0 Å². The third-order valence-electron chi connectivity index (χ3n) is 3.35. The van der Waals surface area contributed by atoms with E-state index in [0.717, 1.165) is 0 Å². The fourth-order valence-electron chi connectivity index (χ4n) is 2.25. The van der Waals surface area contributed by atoms with E-state index >= 15 is 0 Å². The van der Waals surface area contributed by atoms with Gasteiger partial charge < -0.3 is 0 Å². The molecule has 0 saturated carbocycles. The molecule has 0 aromatic heterocycles. The minimum Gasteiger partial charge on any atom is -0.0683 e. The average molecular weight is 274 g/mol. The summed E-state index contributed by atoms with van der Waals surface area (Å²) in [7, 11) is 0. The summed E-state index contributed by atoms with van der Waals surface area (Å²) in [6.07, 6.45) is 0. The van der Waals surface area contributed by atoms with Crippen LogP contribution in [0.25, 0.3) is 22.3 Å². The average Bonchev–Trinajstić information content (AvgIpc) is 2.58. The highest BCUT2D eigenvalue weighted by molar-refractivity contribution is 5.73. The van der Waals surface area contributed by atoms with E-state index in [2.05, 4.69) is 79.7 Å². The first kappa shape index (κ1) is 15.1. The van der Waals surface area contributed by atoms with Gasteiger partial charge in [-0.25, -0.2) is 0 Å². The maximum atomic E-state index is 2.25. The molecule has 3 rings (SSSR count). The lowest BCUT2D eigenvalue weighted by Crippen LogP contribution is -1.81. The Kier molecular flexibility index (Phi) is 5.34. The maximum Gasteiger partial charge on any atom is -0.0178 e. The molecular formula is C21H22. The van der Waals surface area contributed by atoms with Crippen LogP contribution in [0.5, 0.6) is 0 Å². The molecule has 0 nitrogen and oxygen atoms in total. The van der Waals surface area contributed by atoms with E-state index in [4.69, 9.17) is 0 Å². The second-order valence-corrected chi connectivity index (χ2v) is 4.81. The molecule has 0 bridgehead atoms. The SMILES string of the molecule is CC.Cc1ccc(-c2cccc(-c3ccccc3)c2)cc1. The van der Waals surface area contributed by atoms with Crippen molar-refractivity contribution in [2.45, 2.75) is 20.8 Å². The first-order chi connectivity index (χ1) is 10.3. The second-order valence-electron chi connectivity index (χ2n) is 4.81. The molecule has 0 spiro atoms. The highest BCUT2D eigenvalue weighted by Crippen LogP contribution is 2.26. The standard InChI is InChI=1S/C19H16.C2H6/c1-15-10-12-17(13-11-15)19-9-5-8-18(14-19)16-6-3-2-4-7-16;1-2/h2-14H,1H3;1-2H3. The largest absolute Gasteiger partial charge is 0.0683 e. The molecule has 0 aliphatic carbocycles. The van der Waals surface area contributed by atoms with Crippen LogP contribution in [0.2, 0.25) is 0 Å². The lowest BCUT2D eigenvalue weighted by atomic mass is 9.99. The predicted octanol–water partition coefficient (Wildman–Crippen LogP) is 6.36. The van der Waals surface area contributed by atoms with Crippen molar-refractivity contribution in [3.8, 4) is 22.3 Å². The molecule has 0 N–H and O–H groups in total. The van der Waals surface area contributed by atoms with Crippen molar-refractivity contribution in [3.05, 3.63) is 84.4 Å². The molecule has 0 aliphatic rings. The Morgan fingerprint density at radius 1 is 0.476 bits per heavy atom. The Labute approximate surface area is 128 Å². The molecule has 21 heavy (non-hydrogen) atoms. The van der Waals surface area contributed by atoms with Crippen molar-refractivity contribution in [3.63, 3.8) is 0 Å². The first-order valence-electron chi connectivity index (χ1n) is 7.55. The summed E-state index contributed by atoms with van der Waals surface area (Å²) >= 11 is 0. The summed E-state index contributed by atoms with van der Waals surface area (Å²) in [6.45, 7) is 6.12. The van der Waals surface area contributed by atoms with Crippen molar-refractivity contribution in [1.29, 1.82) is 0 Å². The lowest BCUT2D eigenvalue weighted by Gasteiger charge is -2.06. The second kappa shape index (κ2) is 7.44. The highest BCUT2D eigenvalue weighted by Gasteiger charge is 2.00. The van der Waals surface area contributed by atoms with Gasteiger partial charge in [-0.3, -0.25) is 0 Å². The van der Waals surface area contributed by atoms with E-state index in [1.54, 1.807) is 0 Å². The molecule has 0 amide bonds. The molecule has 0 radical (unpaired) electrons. The van der Waals surface area contributed by atoms with Gasteiger partial charge in [0, 0.05) is 0 Å². The lowest BCUT2D eigenvalue weighted by molar-refractivity contribution is 1.47. The molecular weight excluding hydrogens is 252 g/mol. The van der Waals surface area contributed by atoms with Crippen molar-refractivity contribution in [2.24, 2.45) is 0 Å². The number of hydrogen-bond acceptors (Lipinski definition) is 0. The molecule has 0 heterocycles. The smallest absolute Gasteiger partial charge is 0.0178 e. The molecule has 0 saturated heterocycles. The van der Waals surface area contributed by atoms with Crippen LogP contribution in [-0.4, -0.2) is 0 Å². The number of hydrogen-bond donors (Lipinski definition) is 0. The fourth-order valence-corrected chi connectivity index (χ4v) is 2.25. The van der Waals surface area contributed by atoms with E-state index in [-0.39, 0.29) is 0 Å². The number of aryl methyl sites for hydroxylation is 1. The van der Waals surface area contributed by atoms with Gasteiger partial charge in [0.25, 0.3) is 0 Å². The van der Waals surface area contributed by atoms with Gasteiger partial charge in [-0.1, -0.05) is 92.2 Å². The van der Waals surface area contributed by atoms with E-state index in [9.17, 15) is 0 Å². The van der Waals surface area contributed by atoms with Crippen molar-refractivity contribution >= 4 is 0 Å². The molecule has 3 aromatic carbocycles. The summed E-state index contributed by atoms with van der Waals surface area (Å²) in [4.78, 5) is 0. The quantitative estimate of drug-likeness (QED) is 0.510. The summed E-state index contributed by atoms with van der Waals surface area (Å²) in [5.74, 6) is 0. The van der Waals surface area contributed by atoms with Gasteiger partial charge in [0.15, 0.2) is 0 Å². The molecule has 3 aromatic rings. The van der Waals surface area contributed by atoms with Crippen LogP contribution in [-0.2, 0) is 0 Å². The summed E-state index contributed by atoms with van der Waals surface area (Å²) in [5.41, 5.74) is 6.35. The Hall–Kier alpha value is -2.34. The highest BCUT2D eigenvalue weighted by atomic mass is 14.1. The molecule has 106 valence electrons. The van der Waals surface area contributed by atoms with E-state index in [1.165, 1.54) is 27.8 Å². The molecule has 0 atom stereocenters. The molecule has 0 aliphatic heterocycles. The molecule has 0 heteroatoms. The number of benzene rings is 3. The Bertz CT molecular complexity index is 664. The van der Waals surface area contributed by atoms with Gasteiger partial charge in [-0.15, -0.1) is 0 Å². The predicted molar refractivity (Wildman–Crippen MR) is 93.4 cm³/mol. The monoisotopic (exact) mass is 274 g/mol. The minimum atomic E-state index is 1.26. The summed E-state index contributed by atoms with van der Waals surface area (Å²) in [5, 5.41) is 0. The van der Waals surface area contributed by atoms with Gasteiger partial charge in [0.2, 0.25) is 0 Å². The van der Waals surface area contributed by atoms with E-state index in [0.29, 0.717) is 0 Å². The third-order valence-corrected chi connectivity index (χ3v) is 3.35. The Balaban J connectivity index is 0.000000774. The van der Waals surface area contributed by atoms with Crippen LogP contribution < -0.4 is 0 Å². The van der Waals surface area contributed by atoms with Gasteiger partial charge in [0.1, 0.15) is 0 Å². The van der Waals surface area contributed by atoms with Crippen LogP contribution in [0.3, 0.4) is 0 Å². The molecule has 0 fully saturated rings. The zero-order valence-electron chi connectivity index (χ0n) is 13.0. The van der Waals surface area contributed by atoms with Crippen molar-refractivity contribution < 1.29 is 0 Å². The van der Waals surface area contributed by atoms with Crippen LogP contribution in [0.1, 0.15) is 19.4 Å². The van der Waals surface area contributed by atoms with Crippen LogP contribution in [0.15, 0.2) is 78.9 Å². The zero-order valence-corrected chi connectivity index (χ0v) is 13.0. The Morgan fingerprint density at radius 3 is 1.52 bits per heavy atom. The van der Waals surface area contributed by atoms with Gasteiger partial charge in [-0.2, -0.15) is 0 Å². The summed E-state index contributed by atoms with van der Waals surface area (Å²) in [6, 6.07) is 27.9. The van der Waals surface area contributed by atoms with Gasteiger partial charge in [-0.05, 0) is 35.2 Å². The zero-order chi connectivity index (χ0) is 15.1. The van der Waals surface area contributed by atoms with Crippen LogP contribution in [0.4, 0.5) is 0 Å². The minimum absolute atomic E-state index is 1.26.